The van der Waals surface area contributed by atoms with Crippen LogP contribution in [-0.4, -0.2) is 12.8 Å². The molecule has 2 heteroatoms. The van der Waals surface area contributed by atoms with Gasteiger partial charge in [0.2, 0.25) is 0 Å². The molecule has 0 spiro atoms. The summed E-state index contributed by atoms with van der Waals surface area (Å²) in [4.78, 5) is 9.83. The number of aldehydes is 1. The predicted molar refractivity (Wildman–Crippen MR) is 79.9 cm³/mol. The van der Waals surface area contributed by atoms with Crippen molar-refractivity contribution in [2.75, 3.05) is 6.54 Å². The van der Waals surface area contributed by atoms with Crippen LogP contribution in [0.2, 0.25) is 0 Å². The smallest absolute Gasteiger partial charge is 0.125 e. The summed E-state index contributed by atoms with van der Waals surface area (Å²) in [6, 6.07) is 9.06. The van der Waals surface area contributed by atoms with Gasteiger partial charge in [0, 0.05) is 11.5 Å². The number of carbonyl (C=O) groups is 1. The number of hydrogen-bond acceptors (Lipinski definition) is 2. The van der Waals surface area contributed by atoms with E-state index in [9.17, 15) is 4.79 Å². The molecule has 0 saturated carbocycles. The molecule has 19 heavy (non-hydrogen) atoms. The van der Waals surface area contributed by atoms with Crippen LogP contribution >= 0.6 is 0 Å². The summed E-state index contributed by atoms with van der Waals surface area (Å²) in [5.41, 5.74) is 2.76. The highest BCUT2D eigenvalue weighted by atomic mass is 16.1. The van der Waals surface area contributed by atoms with Crippen LogP contribution in [0.15, 0.2) is 24.3 Å². The van der Waals surface area contributed by atoms with Gasteiger partial charge in [0.05, 0.1) is 6.54 Å². The highest BCUT2D eigenvalue weighted by Gasteiger charge is 2.20. The maximum absolute atomic E-state index is 9.83. The number of rotatable bonds is 2. The van der Waals surface area contributed by atoms with E-state index in [-0.39, 0.29) is 5.41 Å². The lowest BCUT2D eigenvalue weighted by Gasteiger charge is -2.10. The van der Waals surface area contributed by atoms with Crippen molar-refractivity contribution in [2.45, 2.75) is 39.7 Å². The summed E-state index contributed by atoms with van der Waals surface area (Å²) in [6.07, 6.45) is 8.51. The van der Waals surface area contributed by atoms with Crippen LogP contribution in [-0.2, 0) is 11.2 Å². The van der Waals surface area contributed by atoms with E-state index in [0.29, 0.717) is 12.6 Å². The van der Waals surface area contributed by atoms with Crippen LogP contribution in [0.1, 0.15) is 44.4 Å². The third-order valence-electron chi connectivity index (χ3n) is 2.94. The SMILES string of the molecule is C#CCN[C@@H]1CCc2ccccc21.CC(C)(C)C=O. The Labute approximate surface area is 116 Å². The Morgan fingerprint density at radius 1 is 1.42 bits per heavy atom. The molecule has 0 bridgehead atoms. The van der Waals surface area contributed by atoms with Crippen molar-refractivity contribution in [1.82, 2.24) is 5.32 Å². The highest BCUT2D eigenvalue weighted by Crippen LogP contribution is 2.30. The molecule has 0 saturated heterocycles. The number of hydrogen-bond donors (Lipinski definition) is 1. The van der Waals surface area contributed by atoms with Gasteiger partial charge in [-0.2, -0.15) is 0 Å². The molecule has 0 heterocycles. The van der Waals surface area contributed by atoms with Gasteiger partial charge >= 0.3 is 0 Å². The zero-order chi connectivity index (χ0) is 14.3. The number of terminal acetylenes is 1. The number of aryl methyl sites for hydroxylation is 1. The molecular formula is C17H23NO. The molecular weight excluding hydrogens is 234 g/mol. The lowest BCUT2D eigenvalue weighted by Crippen LogP contribution is -2.19. The van der Waals surface area contributed by atoms with E-state index < -0.39 is 0 Å². The van der Waals surface area contributed by atoms with E-state index in [1.165, 1.54) is 24.0 Å². The van der Waals surface area contributed by atoms with E-state index in [2.05, 4.69) is 35.5 Å². The fourth-order valence-electron chi connectivity index (χ4n) is 1.95. The fourth-order valence-corrected chi connectivity index (χ4v) is 1.95. The molecule has 1 aliphatic carbocycles. The first-order valence-electron chi connectivity index (χ1n) is 6.69. The summed E-state index contributed by atoms with van der Waals surface area (Å²) in [5.74, 6) is 2.61. The fraction of sp³-hybridized carbons (Fsp3) is 0.471. The summed E-state index contributed by atoms with van der Waals surface area (Å²) in [5, 5.41) is 3.35. The van der Waals surface area contributed by atoms with Gasteiger partial charge in [-0.3, -0.25) is 5.32 Å². The predicted octanol–water partition coefficient (Wildman–Crippen LogP) is 3.13. The average molecular weight is 257 g/mol. The van der Waals surface area contributed by atoms with Crippen LogP contribution in [0.3, 0.4) is 0 Å². The Hall–Kier alpha value is -1.59. The second-order valence-electron chi connectivity index (χ2n) is 5.86. The van der Waals surface area contributed by atoms with Gasteiger partial charge in [-0.25, -0.2) is 0 Å². The van der Waals surface area contributed by atoms with E-state index in [1.54, 1.807) is 0 Å². The van der Waals surface area contributed by atoms with Gasteiger partial charge in [0.15, 0.2) is 0 Å². The maximum Gasteiger partial charge on any atom is 0.125 e. The van der Waals surface area contributed by atoms with Crippen molar-refractivity contribution in [3.05, 3.63) is 35.4 Å². The molecule has 0 amide bonds. The van der Waals surface area contributed by atoms with Crippen LogP contribution in [0, 0.1) is 17.8 Å². The van der Waals surface area contributed by atoms with E-state index in [1.807, 2.05) is 20.8 Å². The van der Waals surface area contributed by atoms with Gasteiger partial charge < -0.3 is 4.79 Å². The standard InChI is InChI=1S/C12H13N.C5H10O/c1-2-9-13-12-8-7-10-5-3-4-6-11(10)12;1-5(2,3)4-6/h1,3-6,12-13H,7-9H2;4H,1-3H3/t12-;/m1./s1. The van der Waals surface area contributed by atoms with Crippen LogP contribution in [0.25, 0.3) is 0 Å². The lowest BCUT2D eigenvalue weighted by molar-refractivity contribution is -0.113. The quantitative estimate of drug-likeness (QED) is 0.651. The molecule has 0 fully saturated rings. The maximum atomic E-state index is 9.83. The number of fused-ring (bicyclic) bond motifs is 1. The molecule has 1 aliphatic rings. The normalized spacial score (nSPS) is 16.8. The van der Waals surface area contributed by atoms with Crippen molar-refractivity contribution in [3.8, 4) is 12.3 Å². The van der Waals surface area contributed by atoms with Gasteiger partial charge in [-0.15, -0.1) is 6.42 Å². The number of carbonyl (C=O) groups excluding carboxylic acids is 1. The summed E-state index contributed by atoms with van der Waals surface area (Å²) in [7, 11) is 0. The topological polar surface area (TPSA) is 29.1 Å². The Bertz CT molecular complexity index is 451. The minimum atomic E-state index is -0.139. The molecule has 1 N–H and O–H groups in total. The van der Waals surface area contributed by atoms with Gasteiger partial charge in [0.1, 0.15) is 6.29 Å². The largest absolute Gasteiger partial charge is 0.303 e. The van der Waals surface area contributed by atoms with E-state index in [4.69, 9.17) is 6.42 Å². The molecule has 1 aromatic rings. The molecule has 0 aromatic heterocycles. The van der Waals surface area contributed by atoms with Gasteiger partial charge in [-0.05, 0) is 24.0 Å². The third kappa shape index (κ3) is 5.28. The Kier molecular flexibility index (Phi) is 5.79. The van der Waals surface area contributed by atoms with Crippen molar-refractivity contribution in [2.24, 2.45) is 5.41 Å². The zero-order valence-electron chi connectivity index (χ0n) is 12.1. The Morgan fingerprint density at radius 2 is 2.05 bits per heavy atom. The van der Waals surface area contributed by atoms with Crippen molar-refractivity contribution in [3.63, 3.8) is 0 Å². The summed E-state index contributed by atoms with van der Waals surface area (Å²) < 4.78 is 0. The minimum absolute atomic E-state index is 0.139. The number of benzene rings is 1. The number of nitrogens with one attached hydrogen (secondary N) is 1. The highest BCUT2D eigenvalue weighted by molar-refractivity contribution is 5.56. The molecule has 1 aromatic carbocycles. The monoisotopic (exact) mass is 257 g/mol. The van der Waals surface area contributed by atoms with Crippen LogP contribution in [0.4, 0.5) is 0 Å². The average Bonchev–Trinajstić information content (AvgIpc) is 2.79. The van der Waals surface area contributed by atoms with Crippen LogP contribution < -0.4 is 5.32 Å². The van der Waals surface area contributed by atoms with E-state index in [0.717, 1.165) is 6.29 Å². The molecule has 0 radical (unpaired) electrons. The first-order chi connectivity index (χ1) is 8.98. The molecule has 1 atom stereocenters. The molecule has 2 nitrogen and oxygen atoms in total. The third-order valence-corrected chi connectivity index (χ3v) is 2.94. The van der Waals surface area contributed by atoms with Crippen molar-refractivity contribution in [1.29, 1.82) is 0 Å². The molecule has 0 unspecified atom stereocenters. The van der Waals surface area contributed by atoms with Crippen molar-refractivity contribution >= 4 is 6.29 Å². The van der Waals surface area contributed by atoms with E-state index >= 15 is 0 Å². The first kappa shape index (κ1) is 15.5. The van der Waals surface area contributed by atoms with Gasteiger partial charge in [0.25, 0.3) is 0 Å². The summed E-state index contributed by atoms with van der Waals surface area (Å²) >= 11 is 0. The van der Waals surface area contributed by atoms with Gasteiger partial charge in [-0.1, -0.05) is 51.0 Å². The minimum Gasteiger partial charge on any atom is -0.303 e. The molecule has 0 aliphatic heterocycles. The zero-order valence-corrected chi connectivity index (χ0v) is 12.1. The molecule has 102 valence electrons. The van der Waals surface area contributed by atoms with Crippen LogP contribution in [0.5, 0.6) is 0 Å². The first-order valence-corrected chi connectivity index (χ1v) is 6.69. The second kappa shape index (κ2) is 7.11. The Morgan fingerprint density at radius 3 is 2.63 bits per heavy atom. The Balaban J connectivity index is 0.000000258. The van der Waals surface area contributed by atoms with Crippen molar-refractivity contribution < 1.29 is 4.79 Å². The molecule has 2 rings (SSSR count). The summed E-state index contributed by atoms with van der Waals surface area (Å²) in [6.45, 7) is 6.29. The lowest BCUT2D eigenvalue weighted by atomic mass is 10.0. The second-order valence-corrected chi connectivity index (χ2v) is 5.86.